The van der Waals surface area contributed by atoms with Crippen molar-refractivity contribution < 1.29 is 31.9 Å². The Labute approximate surface area is 243 Å². The second-order valence-electron chi connectivity index (χ2n) is 11.2. The second-order valence-corrected chi connectivity index (χ2v) is 13.4. The lowest BCUT2D eigenvalue weighted by Gasteiger charge is -2.21. The Bertz CT molecular complexity index is 1490. The lowest BCUT2D eigenvalue weighted by Crippen LogP contribution is -2.30. The molecule has 2 aromatic heterocycles. The summed E-state index contributed by atoms with van der Waals surface area (Å²) in [5.74, 6) is -1.47. The second kappa shape index (κ2) is 11.4. The van der Waals surface area contributed by atoms with Gasteiger partial charge >= 0.3 is 18.2 Å². The number of aryl methyl sites for hydroxylation is 1. The van der Waals surface area contributed by atoms with E-state index in [1.54, 1.807) is 20.8 Å². The number of hydrogen-bond donors (Lipinski definition) is 3. The number of anilines is 1. The van der Waals surface area contributed by atoms with E-state index in [-0.39, 0.29) is 12.1 Å². The van der Waals surface area contributed by atoms with Crippen LogP contribution in [0.5, 0.6) is 0 Å². The van der Waals surface area contributed by atoms with E-state index < -0.39 is 35.2 Å². The van der Waals surface area contributed by atoms with Gasteiger partial charge in [-0.05, 0) is 99.9 Å². The topological polar surface area (TPSA) is 79.5 Å². The maximum absolute atomic E-state index is 14.3. The van der Waals surface area contributed by atoms with Gasteiger partial charge in [-0.2, -0.15) is 13.2 Å². The van der Waals surface area contributed by atoms with Gasteiger partial charge in [0, 0.05) is 27.7 Å². The van der Waals surface area contributed by atoms with Crippen LogP contribution in [0.15, 0.2) is 18.2 Å². The van der Waals surface area contributed by atoms with Crippen molar-refractivity contribution in [2.45, 2.75) is 77.7 Å². The smallest absolute Gasteiger partial charge is 0.416 e. The highest BCUT2D eigenvalue weighted by molar-refractivity contribution is 7.17. The van der Waals surface area contributed by atoms with Crippen LogP contribution in [0.3, 0.4) is 0 Å². The normalized spacial score (nSPS) is 15.2. The third-order valence-electron chi connectivity index (χ3n) is 6.95. The number of fused-ring (bicyclic) bond motifs is 2. The fraction of sp³-hybridized carbons (Fsp3) is 0.448. The largest absolute Gasteiger partial charge is 0.456 e. The molecule has 6 nitrogen and oxygen atoms in total. The summed E-state index contributed by atoms with van der Waals surface area (Å²) in [5.41, 5.74) is 1.26. The van der Waals surface area contributed by atoms with Crippen molar-refractivity contribution in [3.05, 3.63) is 61.6 Å². The number of halogens is 4. The molecule has 3 aromatic rings. The monoisotopic (exact) mass is 609 g/mol. The van der Waals surface area contributed by atoms with Crippen molar-refractivity contribution in [2.75, 3.05) is 11.9 Å². The minimum absolute atomic E-state index is 0.0255. The van der Waals surface area contributed by atoms with Crippen LogP contribution in [-0.2, 0) is 43.3 Å². The molecule has 2 aliphatic rings. The summed E-state index contributed by atoms with van der Waals surface area (Å²) in [6, 6.07) is 1.96. The number of carbonyl (C=O) groups is 2. The number of nitrogens with one attached hydrogen (secondary N) is 3. The number of carbonyl (C=O) groups excluding carboxylic acids is 2. The van der Waals surface area contributed by atoms with E-state index in [1.807, 2.05) is 0 Å². The number of esters is 1. The van der Waals surface area contributed by atoms with Crippen LogP contribution in [0.4, 0.5) is 27.4 Å². The Balaban J connectivity index is 1.41. The van der Waals surface area contributed by atoms with Crippen LogP contribution in [0.25, 0.3) is 10.4 Å². The first-order chi connectivity index (χ1) is 19.3. The summed E-state index contributed by atoms with van der Waals surface area (Å²) in [6.07, 6.45) is -0.557. The van der Waals surface area contributed by atoms with Crippen LogP contribution in [-0.4, -0.2) is 24.1 Å². The van der Waals surface area contributed by atoms with E-state index in [0.29, 0.717) is 46.6 Å². The average molecular weight is 610 g/mol. The number of benzene rings is 1. The van der Waals surface area contributed by atoms with E-state index in [0.717, 1.165) is 58.7 Å². The molecule has 5 rings (SSSR count). The highest BCUT2D eigenvalue weighted by Gasteiger charge is 2.33. The molecule has 1 aromatic carbocycles. The van der Waals surface area contributed by atoms with Gasteiger partial charge in [-0.15, -0.1) is 22.7 Å². The van der Waals surface area contributed by atoms with Gasteiger partial charge in [0.2, 0.25) is 0 Å². The highest BCUT2D eigenvalue weighted by atomic mass is 32.1. The summed E-state index contributed by atoms with van der Waals surface area (Å²) in [6.45, 7) is 6.61. The molecular weight excluding hydrogens is 578 g/mol. The van der Waals surface area contributed by atoms with E-state index >= 15 is 0 Å². The summed E-state index contributed by atoms with van der Waals surface area (Å²) in [4.78, 5) is 28.8. The average Bonchev–Trinajstić information content (AvgIpc) is 3.43. The van der Waals surface area contributed by atoms with Gasteiger partial charge < -0.3 is 15.4 Å². The zero-order valence-electron chi connectivity index (χ0n) is 22.9. The number of urea groups is 1. The van der Waals surface area contributed by atoms with E-state index in [9.17, 15) is 27.2 Å². The molecule has 12 heteroatoms. The maximum atomic E-state index is 14.3. The molecular formula is C29H31F4N3O3S2. The Kier molecular flexibility index (Phi) is 8.19. The predicted octanol–water partition coefficient (Wildman–Crippen LogP) is 7.44. The fourth-order valence-electron chi connectivity index (χ4n) is 5.22. The molecule has 0 saturated heterocycles. The number of alkyl halides is 3. The molecule has 2 amide bonds. The van der Waals surface area contributed by atoms with Gasteiger partial charge in [0.1, 0.15) is 16.4 Å². The Morgan fingerprint density at radius 2 is 1.76 bits per heavy atom. The summed E-state index contributed by atoms with van der Waals surface area (Å²) in [5, 5.41) is 9.31. The third kappa shape index (κ3) is 6.60. The zero-order chi connectivity index (χ0) is 29.5. The Hall–Kier alpha value is -2.96. The number of ether oxygens (including phenoxy) is 1. The Morgan fingerprint density at radius 1 is 1.00 bits per heavy atom. The van der Waals surface area contributed by atoms with E-state index in [4.69, 9.17) is 4.74 Å². The minimum atomic E-state index is -4.70. The number of amides is 2. The SMILES string of the molecule is CC(C)(C)OC(=O)c1c(NC(=O)NCc2c(-c3cc(F)cc(C(F)(F)F)c3)sc3c2CCNC3)sc2c1CCCC2. The van der Waals surface area contributed by atoms with Crippen molar-refractivity contribution in [3.63, 3.8) is 0 Å². The Morgan fingerprint density at radius 3 is 2.49 bits per heavy atom. The highest BCUT2D eigenvalue weighted by Crippen LogP contribution is 2.42. The van der Waals surface area contributed by atoms with Crippen LogP contribution < -0.4 is 16.0 Å². The lowest BCUT2D eigenvalue weighted by atomic mass is 9.95. The van der Waals surface area contributed by atoms with Gasteiger partial charge in [0.25, 0.3) is 0 Å². The van der Waals surface area contributed by atoms with Gasteiger partial charge in [0.05, 0.1) is 11.1 Å². The fourth-order valence-corrected chi connectivity index (χ4v) is 7.82. The molecule has 1 aliphatic heterocycles. The van der Waals surface area contributed by atoms with Crippen molar-refractivity contribution >= 4 is 39.7 Å². The first-order valence-corrected chi connectivity index (χ1v) is 15.1. The number of hydrogen-bond acceptors (Lipinski definition) is 6. The first kappa shape index (κ1) is 29.5. The van der Waals surface area contributed by atoms with Crippen molar-refractivity contribution in [3.8, 4) is 10.4 Å². The summed E-state index contributed by atoms with van der Waals surface area (Å²) >= 11 is 2.67. The molecule has 3 N–H and O–H groups in total. The van der Waals surface area contributed by atoms with Crippen LogP contribution >= 0.6 is 22.7 Å². The minimum Gasteiger partial charge on any atom is -0.456 e. The van der Waals surface area contributed by atoms with E-state index in [1.165, 1.54) is 22.7 Å². The number of thiophene rings is 2. The molecule has 0 atom stereocenters. The van der Waals surface area contributed by atoms with Gasteiger partial charge in [-0.1, -0.05) is 0 Å². The predicted molar refractivity (Wildman–Crippen MR) is 152 cm³/mol. The third-order valence-corrected chi connectivity index (χ3v) is 9.48. The molecule has 0 bridgehead atoms. The van der Waals surface area contributed by atoms with Gasteiger partial charge in [-0.25, -0.2) is 14.0 Å². The molecule has 220 valence electrons. The summed E-state index contributed by atoms with van der Waals surface area (Å²) < 4.78 is 60.3. The molecule has 0 radical (unpaired) electrons. The molecule has 0 spiro atoms. The standard InChI is InChI=1S/C29H31F4N3O3S2/c1-28(2,3)39-26(37)23-19-6-4-5-7-21(19)41-25(23)36-27(38)35-13-20-18-8-9-34-14-22(18)40-24(20)15-10-16(29(31,32)33)12-17(30)11-15/h10-12,34H,4-9,13-14H2,1-3H3,(H2,35,36,38). The molecule has 0 unspecified atom stereocenters. The van der Waals surface area contributed by atoms with Crippen molar-refractivity contribution in [2.24, 2.45) is 0 Å². The molecule has 41 heavy (non-hydrogen) atoms. The van der Waals surface area contributed by atoms with Crippen LogP contribution in [0.1, 0.15) is 76.0 Å². The molecule has 0 saturated carbocycles. The van der Waals surface area contributed by atoms with Crippen molar-refractivity contribution in [1.29, 1.82) is 0 Å². The zero-order valence-corrected chi connectivity index (χ0v) is 24.6. The maximum Gasteiger partial charge on any atom is 0.416 e. The van der Waals surface area contributed by atoms with E-state index in [2.05, 4.69) is 16.0 Å². The van der Waals surface area contributed by atoms with Crippen molar-refractivity contribution in [1.82, 2.24) is 10.6 Å². The summed E-state index contributed by atoms with van der Waals surface area (Å²) in [7, 11) is 0. The first-order valence-electron chi connectivity index (χ1n) is 13.4. The number of rotatable bonds is 5. The van der Waals surface area contributed by atoms with Gasteiger partial charge in [0.15, 0.2) is 0 Å². The lowest BCUT2D eigenvalue weighted by molar-refractivity contribution is -0.137. The van der Waals surface area contributed by atoms with Crippen LogP contribution in [0, 0.1) is 5.82 Å². The van der Waals surface area contributed by atoms with Crippen LogP contribution in [0.2, 0.25) is 0 Å². The quantitative estimate of drug-likeness (QED) is 0.208. The molecule has 0 fully saturated rings. The molecule has 1 aliphatic carbocycles. The van der Waals surface area contributed by atoms with Gasteiger partial charge in [-0.3, -0.25) is 5.32 Å². The molecule has 3 heterocycles.